The molecule has 2 heterocycles. The number of nitrogens with zero attached hydrogens (tertiary/aromatic N) is 3. The highest BCUT2D eigenvalue weighted by molar-refractivity contribution is 5.90. The molecule has 0 aromatic carbocycles. The number of aromatic carboxylic acids is 1. The summed E-state index contributed by atoms with van der Waals surface area (Å²) in [6.45, 7) is 3.40. The summed E-state index contributed by atoms with van der Waals surface area (Å²) in [7, 11) is 0. The van der Waals surface area contributed by atoms with Crippen LogP contribution in [0, 0.1) is 13.8 Å². The summed E-state index contributed by atoms with van der Waals surface area (Å²) in [5.41, 5.74) is 2.01. The number of rotatable bonds is 1. The molecular formula is C9H9N3O2. The van der Waals surface area contributed by atoms with Crippen LogP contribution in [0.4, 0.5) is 0 Å². The molecule has 14 heavy (non-hydrogen) atoms. The predicted octanol–water partition coefficient (Wildman–Crippen LogP) is 1.04. The summed E-state index contributed by atoms with van der Waals surface area (Å²) in [4.78, 5) is 15.1. The Morgan fingerprint density at radius 2 is 2.21 bits per heavy atom. The van der Waals surface area contributed by atoms with Crippen molar-refractivity contribution < 1.29 is 9.90 Å². The third kappa shape index (κ3) is 1.06. The van der Waals surface area contributed by atoms with Crippen LogP contribution in [-0.4, -0.2) is 25.7 Å². The molecule has 0 saturated carbocycles. The molecule has 2 aromatic rings. The van der Waals surface area contributed by atoms with Crippen LogP contribution in [0.3, 0.4) is 0 Å². The van der Waals surface area contributed by atoms with Crippen LogP contribution < -0.4 is 0 Å². The normalized spacial score (nSPS) is 10.7. The topological polar surface area (TPSA) is 67.5 Å². The number of carbonyl (C=O) groups is 1. The van der Waals surface area contributed by atoms with E-state index >= 15 is 0 Å². The smallest absolute Gasteiger partial charge is 0.339 e. The number of hydrogen-bond donors (Lipinski definition) is 1. The molecule has 2 rings (SSSR count). The molecule has 0 amide bonds. The first-order valence-corrected chi connectivity index (χ1v) is 4.15. The van der Waals surface area contributed by atoms with Crippen molar-refractivity contribution in [2.24, 2.45) is 0 Å². The zero-order valence-corrected chi connectivity index (χ0v) is 7.85. The van der Waals surface area contributed by atoms with Crippen molar-refractivity contribution >= 4 is 11.6 Å². The third-order valence-corrected chi connectivity index (χ3v) is 2.16. The van der Waals surface area contributed by atoms with Crippen LogP contribution in [-0.2, 0) is 0 Å². The van der Waals surface area contributed by atoms with Gasteiger partial charge in [-0.25, -0.2) is 14.3 Å². The van der Waals surface area contributed by atoms with Crippen LogP contribution in [0.25, 0.3) is 5.65 Å². The molecule has 0 fully saturated rings. The molecule has 0 aliphatic rings. The van der Waals surface area contributed by atoms with Crippen LogP contribution in [0.5, 0.6) is 0 Å². The van der Waals surface area contributed by atoms with Gasteiger partial charge in [0.05, 0.1) is 17.6 Å². The molecule has 0 radical (unpaired) electrons. The van der Waals surface area contributed by atoms with E-state index in [1.807, 2.05) is 0 Å². The molecule has 0 atom stereocenters. The van der Waals surface area contributed by atoms with Crippen LogP contribution >= 0.6 is 0 Å². The largest absolute Gasteiger partial charge is 0.478 e. The van der Waals surface area contributed by atoms with Crippen molar-refractivity contribution in [1.29, 1.82) is 0 Å². The van der Waals surface area contributed by atoms with Crippen molar-refractivity contribution in [2.45, 2.75) is 13.8 Å². The quantitative estimate of drug-likeness (QED) is 0.731. The van der Waals surface area contributed by atoms with Gasteiger partial charge in [-0.05, 0) is 13.8 Å². The maximum Gasteiger partial charge on any atom is 0.339 e. The van der Waals surface area contributed by atoms with Gasteiger partial charge in [0.25, 0.3) is 0 Å². The van der Waals surface area contributed by atoms with Gasteiger partial charge in [0.2, 0.25) is 0 Å². The molecule has 0 unspecified atom stereocenters. The molecule has 0 saturated heterocycles. The molecule has 72 valence electrons. The van der Waals surface area contributed by atoms with Gasteiger partial charge in [-0.1, -0.05) is 0 Å². The fraction of sp³-hybridized carbons (Fsp3) is 0.222. The highest BCUT2D eigenvalue weighted by Crippen LogP contribution is 2.13. The predicted molar refractivity (Wildman–Crippen MR) is 49.4 cm³/mol. The van der Waals surface area contributed by atoms with Gasteiger partial charge < -0.3 is 5.11 Å². The lowest BCUT2D eigenvalue weighted by Gasteiger charge is -2.06. The van der Waals surface area contributed by atoms with Crippen LogP contribution in [0.2, 0.25) is 0 Å². The third-order valence-electron chi connectivity index (χ3n) is 2.16. The van der Waals surface area contributed by atoms with Crippen LogP contribution in [0.1, 0.15) is 21.7 Å². The molecule has 5 heteroatoms. The van der Waals surface area contributed by atoms with Gasteiger partial charge in [-0.2, -0.15) is 5.10 Å². The van der Waals surface area contributed by atoms with Crippen LogP contribution in [0.15, 0.2) is 12.3 Å². The number of aryl methyl sites for hydroxylation is 2. The monoisotopic (exact) mass is 191 g/mol. The fourth-order valence-electron chi connectivity index (χ4n) is 1.54. The van der Waals surface area contributed by atoms with E-state index in [4.69, 9.17) is 5.11 Å². The van der Waals surface area contributed by atoms with E-state index in [9.17, 15) is 4.79 Å². The van der Waals surface area contributed by atoms with E-state index in [-0.39, 0.29) is 5.56 Å². The number of carboxylic acids is 1. The summed E-state index contributed by atoms with van der Waals surface area (Å²) in [5.74, 6) is -0.968. The van der Waals surface area contributed by atoms with Crippen molar-refractivity contribution in [3.8, 4) is 0 Å². The molecule has 0 bridgehead atoms. The number of fused-ring (bicyclic) bond motifs is 1. The maximum atomic E-state index is 10.9. The first kappa shape index (κ1) is 8.68. The number of carboxylic acid groups (broad SMARTS) is 1. The summed E-state index contributed by atoms with van der Waals surface area (Å²) in [6.07, 6.45) is 1.60. The first-order valence-electron chi connectivity index (χ1n) is 4.15. The standard InChI is InChI=1S/C9H9N3O2/c1-5-8(9(13)14)6(2)12-7(11-5)3-4-10-12/h3-4H,1-2H3,(H,13,14). The Labute approximate surface area is 80.0 Å². The second kappa shape index (κ2) is 2.80. The maximum absolute atomic E-state index is 10.9. The minimum atomic E-state index is -0.968. The Hall–Kier alpha value is -1.91. The van der Waals surface area contributed by atoms with Gasteiger partial charge in [0, 0.05) is 6.07 Å². The summed E-state index contributed by atoms with van der Waals surface area (Å²) in [6, 6.07) is 1.74. The van der Waals surface area contributed by atoms with E-state index in [1.165, 1.54) is 4.52 Å². The molecule has 0 spiro atoms. The minimum absolute atomic E-state index is 0.223. The number of aromatic nitrogens is 3. The highest BCUT2D eigenvalue weighted by atomic mass is 16.4. The Morgan fingerprint density at radius 1 is 1.50 bits per heavy atom. The molecular weight excluding hydrogens is 182 g/mol. The Morgan fingerprint density at radius 3 is 2.86 bits per heavy atom. The van der Waals surface area contributed by atoms with E-state index in [2.05, 4.69) is 10.1 Å². The molecule has 5 nitrogen and oxygen atoms in total. The van der Waals surface area contributed by atoms with E-state index < -0.39 is 5.97 Å². The fourth-order valence-corrected chi connectivity index (χ4v) is 1.54. The first-order chi connectivity index (χ1) is 6.61. The van der Waals surface area contributed by atoms with Crippen molar-refractivity contribution in [1.82, 2.24) is 14.6 Å². The van der Waals surface area contributed by atoms with Gasteiger partial charge in [0.15, 0.2) is 5.65 Å². The lowest BCUT2D eigenvalue weighted by Crippen LogP contribution is -2.10. The Kier molecular flexibility index (Phi) is 1.73. The van der Waals surface area contributed by atoms with Gasteiger partial charge in [0.1, 0.15) is 5.56 Å². The van der Waals surface area contributed by atoms with Crippen molar-refractivity contribution in [3.63, 3.8) is 0 Å². The second-order valence-corrected chi connectivity index (χ2v) is 3.06. The van der Waals surface area contributed by atoms with E-state index in [1.54, 1.807) is 26.1 Å². The molecule has 0 aliphatic heterocycles. The van der Waals surface area contributed by atoms with Crippen molar-refractivity contribution in [3.05, 3.63) is 29.2 Å². The Balaban J connectivity index is 2.89. The SMILES string of the molecule is Cc1nc2ccnn2c(C)c1C(=O)O. The van der Waals surface area contributed by atoms with Gasteiger partial charge >= 0.3 is 5.97 Å². The zero-order valence-electron chi connectivity index (χ0n) is 7.85. The minimum Gasteiger partial charge on any atom is -0.478 e. The molecule has 2 aromatic heterocycles. The zero-order chi connectivity index (χ0) is 10.3. The second-order valence-electron chi connectivity index (χ2n) is 3.06. The van der Waals surface area contributed by atoms with Gasteiger partial charge in [-0.3, -0.25) is 0 Å². The number of hydrogen-bond acceptors (Lipinski definition) is 3. The summed E-state index contributed by atoms with van der Waals surface area (Å²) >= 11 is 0. The molecule has 0 aliphatic carbocycles. The van der Waals surface area contributed by atoms with E-state index in [0.717, 1.165) is 0 Å². The summed E-state index contributed by atoms with van der Waals surface area (Å²) < 4.78 is 1.52. The Bertz CT molecular complexity index is 516. The average Bonchev–Trinajstić information content (AvgIpc) is 2.50. The summed E-state index contributed by atoms with van der Waals surface area (Å²) in [5, 5.41) is 13.0. The van der Waals surface area contributed by atoms with Crippen molar-refractivity contribution in [2.75, 3.05) is 0 Å². The van der Waals surface area contributed by atoms with Gasteiger partial charge in [-0.15, -0.1) is 0 Å². The van der Waals surface area contributed by atoms with E-state index in [0.29, 0.717) is 17.0 Å². The lowest BCUT2D eigenvalue weighted by atomic mass is 10.2. The lowest BCUT2D eigenvalue weighted by molar-refractivity contribution is 0.0694. The molecule has 1 N–H and O–H groups in total. The highest BCUT2D eigenvalue weighted by Gasteiger charge is 2.15. The average molecular weight is 191 g/mol.